The van der Waals surface area contributed by atoms with Gasteiger partial charge in [-0.3, -0.25) is 10.2 Å². The van der Waals surface area contributed by atoms with Gasteiger partial charge in [0.2, 0.25) is 5.96 Å². The summed E-state index contributed by atoms with van der Waals surface area (Å²) in [5.41, 5.74) is 13.8. The maximum Gasteiger partial charge on any atom is 0.211 e. The van der Waals surface area contributed by atoms with E-state index in [4.69, 9.17) is 21.5 Å². The number of aromatic nitrogens is 1. The summed E-state index contributed by atoms with van der Waals surface area (Å²) in [7, 11) is 0. The summed E-state index contributed by atoms with van der Waals surface area (Å²) in [6, 6.07) is 8.98. The van der Waals surface area contributed by atoms with Crippen molar-refractivity contribution in [3.63, 3.8) is 0 Å². The first-order valence-corrected chi connectivity index (χ1v) is 11.2. The lowest BCUT2D eigenvalue weighted by molar-refractivity contribution is 0.121. The molecule has 0 radical (unpaired) electrons. The van der Waals surface area contributed by atoms with Gasteiger partial charge < -0.3 is 26.4 Å². The number of aliphatic imine (C=N–C) groups is 1. The van der Waals surface area contributed by atoms with Crippen LogP contribution in [0.15, 0.2) is 29.3 Å². The van der Waals surface area contributed by atoms with Crippen molar-refractivity contribution in [3.8, 4) is 18.0 Å². The van der Waals surface area contributed by atoms with Crippen molar-refractivity contribution >= 4 is 23.3 Å². The molecule has 6 N–H and O–H groups in total. The maximum absolute atomic E-state index is 9.45. The first kappa shape index (κ1) is 23.1. The number of likely N-dealkylation sites (N-methyl/N-ethyl adjacent to an activating group) is 1. The van der Waals surface area contributed by atoms with E-state index in [-0.39, 0.29) is 23.0 Å². The molecule has 11 heteroatoms. The standard InChI is InChI=1S/C23H28N10O/c1-2-32-7-9-33(10-8-32)11-12-34-16-5-3-15(4-6-16)20-18-19(26)17(13-24)21(27)30-22(18)31-23(29-20)28-14-25/h3-6,20H,2,7-12H2,1H3,(H6,26,27,28,29,30,31). The smallest absolute Gasteiger partial charge is 0.211 e. The highest BCUT2D eigenvalue weighted by atomic mass is 16.5. The lowest BCUT2D eigenvalue weighted by Gasteiger charge is -2.33. The molecule has 34 heavy (non-hydrogen) atoms. The molecule has 0 aliphatic carbocycles. The number of nitrogens with two attached hydrogens (primary N) is 2. The topological polar surface area (TPSA) is 165 Å². The molecule has 0 spiro atoms. The number of nitriles is 2. The van der Waals surface area contributed by atoms with Crippen LogP contribution >= 0.6 is 0 Å². The Bertz CT molecular complexity index is 1140. The number of rotatable bonds is 6. The Hall–Kier alpha value is -4.06. The molecule has 1 atom stereocenters. The maximum atomic E-state index is 9.45. The number of hydrogen-bond donors (Lipinski definition) is 4. The number of ether oxygens (including phenoxy) is 1. The number of nitrogens with one attached hydrogen (secondary N) is 2. The Balaban J connectivity index is 1.48. The number of anilines is 3. The monoisotopic (exact) mass is 460 g/mol. The summed E-state index contributed by atoms with van der Waals surface area (Å²) in [5.74, 6) is 1.35. The average Bonchev–Trinajstić information content (AvgIpc) is 2.85. The highest BCUT2D eigenvalue weighted by Gasteiger charge is 2.29. The second-order valence-electron chi connectivity index (χ2n) is 8.10. The Morgan fingerprint density at radius 1 is 1.15 bits per heavy atom. The van der Waals surface area contributed by atoms with Gasteiger partial charge in [-0.25, -0.2) is 9.98 Å². The number of nitrogen functional groups attached to an aromatic ring is 2. The third-order valence-corrected chi connectivity index (χ3v) is 6.14. The van der Waals surface area contributed by atoms with Crippen LogP contribution in [0.25, 0.3) is 0 Å². The van der Waals surface area contributed by atoms with Gasteiger partial charge in [0.25, 0.3) is 0 Å². The van der Waals surface area contributed by atoms with Crippen molar-refractivity contribution in [2.24, 2.45) is 4.99 Å². The van der Waals surface area contributed by atoms with E-state index in [1.54, 1.807) is 0 Å². The minimum Gasteiger partial charge on any atom is -0.492 e. The Kier molecular flexibility index (Phi) is 6.97. The molecular weight excluding hydrogens is 432 g/mol. The van der Waals surface area contributed by atoms with Crippen LogP contribution in [0.1, 0.15) is 29.7 Å². The fourth-order valence-electron chi connectivity index (χ4n) is 4.19. The molecule has 1 saturated heterocycles. The highest BCUT2D eigenvalue weighted by molar-refractivity contribution is 5.98. The third-order valence-electron chi connectivity index (χ3n) is 6.14. The minimum atomic E-state index is -0.573. The minimum absolute atomic E-state index is 0.0167. The van der Waals surface area contributed by atoms with E-state index in [2.05, 4.69) is 37.3 Å². The number of guanidine groups is 1. The van der Waals surface area contributed by atoms with Gasteiger partial charge in [-0.05, 0) is 24.2 Å². The van der Waals surface area contributed by atoms with Crippen molar-refractivity contribution < 1.29 is 4.74 Å². The Labute approximate surface area is 198 Å². The van der Waals surface area contributed by atoms with Crippen LogP contribution in [0.3, 0.4) is 0 Å². The summed E-state index contributed by atoms with van der Waals surface area (Å²) < 4.78 is 5.95. The van der Waals surface area contributed by atoms with Gasteiger partial charge in [-0.15, -0.1) is 0 Å². The molecule has 2 aliphatic heterocycles. The number of hydrogen-bond acceptors (Lipinski definition) is 11. The van der Waals surface area contributed by atoms with Gasteiger partial charge in [0.15, 0.2) is 6.19 Å². The predicted molar refractivity (Wildman–Crippen MR) is 130 cm³/mol. The lowest BCUT2D eigenvalue weighted by Crippen LogP contribution is -2.47. The van der Waals surface area contributed by atoms with Crippen LogP contribution < -0.4 is 26.8 Å². The van der Waals surface area contributed by atoms with Crippen LogP contribution in [-0.2, 0) is 0 Å². The molecule has 0 amide bonds. The second kappa shape index (κ2) is 10.3. The van der Waals surface area contributed by atoms with Crippen LogP contribution in [0, 0.1) is 22.8 Å². The van der Waals surface area contributed by atoms with Crippen molar-refractivity contribution in [1.82, 2.24) is 20.1 Å². The number of pyridine rings is 1. The summed E-state index contributed by atoms with van der Waals surface area (Å²) in [6.45, 7) is 9.11. The van der Waals surface area contributed by atoms with E-state index in [0.29, 0.717) is 18.0 Å². The zero-order chi connectivity index (χ0) is 24.1. The van der Waals surface area contributed by atoms with Crippen molar-refractivity contribution in [2.45, 2.75) is 13.0 Å². The molecule has 4 rings (SSSR count). The van der Waals surface area contributed by atoms with Gasteiger partial charge in [-0.1, -0.05) is 19.1 Å². The number of piperazine rings is 1. The van der Waals surface area contributed by atoms with Gasteiger partial charge in [-0.2, -0.15) is 10.5 Å². The molecule has 2 aliphatic rings. The molecule has 176 valence electrons. The summed E-state index contributed by atoms with van der Waals surface area (Å²) >= 11 is 0. The zero-order valence-electron chi connectivity index (χ0n) is 19.1. The molecule has 1 aromatic carbocycles. The zero-order valence-corrected chi connectivity index (χ0v) is 19.1. The van der Waals surface area contributed by atoms with Gasteiger partial charge >= 0.3 is 0 Å². The number of fused-ring (bicyclic) bond motifs is 1. The van der Waals surface area contributed by atoms with E-state index >= 15 is 0 Å². The molecule has 1 aromatic heterocycles. The van der Waals surface area contributed by atoms with E-state index < -0.39 is 6.04 Å². The highest BCUT2D eigenvalue weighted by Crippen LogP contribution is 2.40. The first-order chi connectivity index (χ1) is 16.5. The van der Waals surface area contributed by atoms with E-state index in [1.165, 1.54) is 0 Å². The van der Waals surface area contributed by atoms with Crippen molar-refractivity contribution in [2.75, 3.05) is 62.7 Å². The Morgan fingerprint density at radius 3 is 2.50 bits per heavy atom. The molecule has 0 saturated carbocycles. The van der Waals surface area contributed by atoms with Gasteiger partial charge in [0.1, 0.15) is 41.7 Å². The fraction of sp³-hybridized carbons (Fsp3) is 0.391. The van der Waals surface area contributed by atoms with Crippen LogP contribution in [-0.4, -0.2) is 66.6 Å². The summed E-state index contributed by atoms with van der Waals surface area (Å²) in [5, 5.41) is 23.9. The molecule has 11 nitrogen and oxygen atoms in total. The van der Waals surface area contributed by atoms with Gasteiger partial charge in [0, 0.05) is 38.3 Å². The number of benzene rings is 1. The normalized spacial score (nSPS) is 18.1. The fourth-order valence-corrected chi connectivity index (χ4v) is 4.19. The average molecular weight is 461 g/mol. The second-order valence-corrected chi connectivity index (χ2v) is 8.10. The summed E-state index contributed by atoms with van der Waals surface area (Å²) in [6.07, 6.45) is 1.84. The largest absolute Gasteiger partial charge is 0.492 e. The quantitative estimate of drug-likeness (QED) is 0.362. The molecule has 2 aromatic rings. The van der Waals surface area contributed by atoms with Crippen molar-refractivity contribution in [1.29, 1.82) is 10.5 Å². The predicted octanol–water partition coefficient (Wildman–Crippen LogP) is 1.08. The third kappa shape index (κ3) is 4.81. The first-order valence-electron chi connectivity index (χ1n) is 11.2. The van der Waals surface area contributed by atoms with Crippen LogP contribution in [0.2, 0.25) is 0 Å². The SMILES string of the molecule is CCN1CCN(CCOc2ccc(C3N=C(NC#N)Nc4nc(N)c(C#N)c(N)c43)cc2)CC1. The molecule has 3 heterocycles. The van der Waals surface area contributed by atoms with E-state index in [0.717, 1.165) is 50.6 Å². The molecule has 0 bridgehead atoms. The van der Waals surface area contributed by atoms with Gasteiger partial charge in [0.05, 0.1) is 5.69 Å². The van der Waals surface area contributed by atoms with E-state index in [9.17, 15) is 5.26 Å². The molecular formula is C23H28N10O. The van der Waals surface area contributed by atoms with Crippen molar-refractivity contribution in [3.05, 3.63) is 41.0 Å². The van der Waals surface area contributed by atoms with Crippen LogP contribution in [0.5, 0.6) is 5.75 Å². The molecule has 1 fully saturated rings. The van der Waals surface area contributed by atoms with E-state index in [1.807, 2.05) is 36.5 Å². The molecule has 1 unspecified atom stereocenters. The summed E-state index contributed by atoms with van der Waals surface area (Å²) in [4.78, 5) is 13.7. The lowest BCUT2D eigenvalue weighted by atomic mass is 9.95. The van der Waals surface area contributed by atoms with Crippen LogP contribution in [0.4, 0.5) is 17.3 Å². The Morgan fingerprint density at radius 2 is 1.85 bits per heavy atom. The number of nitrogens with zero attached hydrogens (tertiary/aromatic N) is 6.